The highest BCUT2D eigenvalue weighted by Crippen LogP contribution is 2.27. The van der Waals surface area contributed by atoms with Crippen molar-refractivity contribution in [1.82, 2.24) is 0 Å². The number of nitrogens with zero attached hydrogens (tertiary/aromatic N) is 1. The number of benzene rings is 1. The summed E-state index contributed by atoms with van der Waals surface area (Å²) in [5, 5.41) is 0. The Hall–Kier alpha value is -1.84. The van der Waals surface area contributed by atoms with Crippen LogP contribution in [0.5, 0.6) is 0 Å². The number of fused-ring (bicyclic) bond motifs is 1. The minimum absolute atomic E-state index is 0.158. The van der Waals surface area contributed by atoms with Gasteiger partial charge >= 0.3 is 5.97 Å². The summed E-state index contributed by atoms with van der Waals surface area (Å²) >= 11 is 0. The number of esters is 1. The van der Waals surface area contributed by atoms with Gasteiger partial charge in [-0.3, -0.25) is 9.59 Å². The van der Waals surface area contributed by atoms with Crippen LogP contribution in [0.3, 0.4) is 0 Å². The van der Waals surface area contributed by atoms with E-state index in [1.165, 1.54) is 5.56 Å². The van der Waals surface area contributed by atoms with E-state index in [1.54, 1.807) is 18.7 Å². The summed E-state index contributed by atoms with van der Waals surface area (Å²) in [6, 6.07) is 7.81. The molecule has 0 spiro atoms. The Morgan fingerprint density at radius 1 is 1.33 bits per heavy atom. The zero-order chi connectivity index (χ0) is 13.1. The Morgan fingerprint density at radius 3 is 2.78 bits per heavy atom. The third-order valence-electron chi connectivity index (χ3n) is 3.00. The summed E-state index contributed by atoms with van der Waals surface area (Å²) in [4.78, 5) is 25.0. The lowest BCUT2D eigenvalue weighted by atomic mass is 10.2. The summed E-state index contributed by atoms with van der Waals surface area (Å²) in [5.41, 5.74) is 2.10. The van der Waals surface area contributed by atoms with E-state index >= 15 is 0 Å². The van der Waals surface area contributed by atoms with Gasteiger partial charge in [-0.15, -0.1) is 0 Å². The molecule has 1 aromatic carbocycles. The first-order chi connectivity index (χ1) is 8.59. The van der Waals surface area contributed by atoms with Crippen LogP contribution in [0.4, 0.5) is 5.69 Å². The number of rotatable bonds is 3. The predicted octanol–water partition coefficient (Wildman–Crippen LogP) is 1.77. The molecule has 2 rings (SSSR count). The number of amides is 1. The molecule has 0 N–H and O–H groups in total. The van der Waals surface area contributed by atoms with E-state index < -0.39 is 0 Å². The SMILES string of the molecule is CC(C)C(=O)OCC(=O)N1CCc2ccccc21. The quantitative estimate of drug-likeness (QED) is 0.765. The van der Waals surface area contributed by atoms with Crippen LogP contribution in [0.1, 0.15) is 19.4 Å². The van der Waals surface area contributed by atoms with Gasteiger partial charge in [-0.05, 0) is 18.1 Å². The van der Waals surface area contributed by atoms with Crippen molar-refractivity contribution >= 4 is 17.6 Å². The molecule has 0 fully saturated rings. The third kappa shape index (κ3) is 2.53. The largest absolute Gasteiger partial charge is 0.455 e. The Labute approximate surface area is 107 Å². The van der Waals surface area contributed by atoms with Crippen LogP contribution in [0.25, 0.3) is 0 Å². The van der Waals surface area contributed by atoms with E-state index in [2.05, 4.69) is 0 Å². The molecule has 0 saturated carbocycles. The molecule has 96 valence electrons. The number of carbonyl (C=O) groups excluding carboxylic acids is 2. The van der Waals surface area contributed by atoms with E-state index in [4.69, 9.17) is 4.74 Å². The highest BCUT2D eigenvalue weighted by molar-refractivity contribution is 5.97. The fourth-order valence-corrected chi connectivity index (χ4v) is 1.97. The first-order valence-corrected chi connectivity index (χ1v) is 6.14. The van der Waals surface area contributed by atoms with Crippen molar-refractivity contribution in [2.45, 2.75) is 20.3 Å². The third-order valence-corrected chi connectivity index (χ3v) is 3.00. The number of para-hydroxylation sites is 1. The van der Waals surface area contributed by atoms with E-state index in [1.807, 2.05) is 24.3 Å². The monoisotopic (exact) mass is 247 g/mol. The maximum absolute atomic E-state index is 12.0. The van der Waals surface area contributed by atoms with Gasteiger partial charge in [0, 0.05) is 12.2 Å². The fraction of sp³-hybridized carbons (Fsp3) is 0.429. The van der Waals surface area contributed by atoms with Crippen molar-refractivity contribution in [2.24, 2.45) is 5.92 Å². The van der Waals surface area contributed by atoms with Crippen LogP contribution in [-0.4, -0.2) is 25.0 Å². The second-order valence-electron chi connectivity index (χ2n) is 4.69. The molecule has 4 nitrogen and oxygen atoms in total. The summed E-state index contributed by atoms with van der Waals surface area (Å²) < 4.78 is 4.96. The second kappa shape index (κ2) is 5.21. The van der Waals surface area contributed by atoms with Crippen LogP contribution in [0, 0.1) is 5.92 Å². The van der Waals surface area contributed by atoms with Gasteiger partial charge in [0.2, 0.25) is 0 Å². The van der Waals surface area contributed by atoms with Gasteiger partial charge in [0.1, 0.15) is 0 Å². The number of hydrogen-bond donors (Lipinski definition) is 0. The van der Waals surface area contributed by atoms with Gasteiger partial charge in [0.05, 0.1) is 5.92 Å². The van der Waals surface area contributed by atoms with E-state index in [0.29, 0.717) is 6.54 Å². The number of carbonyl (C=O) groups is 2. The molecule has 1 aromatic rings. The minimum atomic E-state index is -0.337. The lowest BCUT2D eigenvalue weighted by molar-refractivity contribution is -0.150. The van der Waals surface area contributed by atoms with E-state index in [0.717, 1.165) is 12.1 Å². The van der Waals surface area contributed by atoms with Crippen molar-refractivity contribution in [3.05, 3.63) is 29.8 Å². The van der Waals surface area contributed by atoms with Crippen LogP contribution in [0.2, 0.25) is 0 Å². The first-order valence-electron chi connectivity index (χ1n) is 6.14. The van der Waals surface area contributed by atoms with E-state index in [9.17, 15) is 9.59 Å². The molecule has 4 heteroatoms. The molecule has 1 aliphatic heterocycles. The number of hydrogen-bond acceptors (Lipinski definition) is 3. The predicted molar refractivity (Wildman–Crippen MR) is 68.3 cm³/mol. The zero-order valence-electron chi connectivity index (χ0n) is 10.7. The number of ether oxygens (including phenoxy) is 1. The maximum Gasteiger partial charge on any atom is 0.308 e. The molecule has 0 bridgehead atoms. The molecule has 0 radical (unpaired) electrons. The summed E-state index contributed by atoms with van der Waals surface area (Å²) in [6.45, 7) is 3.98. The summed E-state index contributed by atoms with van der Waals surface area (Å²) in [6.07, 6.45) is 0.861. The van der Waals surface area contributed by atoms with Crippen LogP contribution >= 0.6 is 0 Å². The molecule has 1 amide bonds. The van der Waals surface area contributed by atoms with Crippen LogP contribution in [-0.2, 0) is 20.7 Å². The standard InChI is InChI=1S/C14H17NO3/c1-10(2)14(17)18-9-13(16)15-8-7-11-5-3-4-6-12(11)15/h3-6,10H,7-9H2,1-2H3. The van der Waals surface area contributed by atoms with Crippen molar-refractivity contribution in [2.75, 3.05) is 18.1 Å². The average molecular weight is 247 g/mol. The van der Waals surface area contributed by atoms with E-state index in [-0.39, 0.29) is 24.4 Å². The molecule has 1 heterocycles. The summed E-state index contributed by atoms with van der Waals surface area (Å²) in [5.74, 6) is -0.701. The Balaban J connectivity index is 1.98. The first kappa shape index (κ1) is 12.6. The minimum Gasteiger partial charge on any atom is -0.455 e. The van der Waals surface area contributed by atoms with Gasteiger partial charge in [-0.1, -0.05) is 32.0 Å². The lowest BCUT2D eigenvalue weighted by Crippen LogP contribution is -2.33. The van der Waals surface area contributed by atoms with Crippen LogP contribution in [0.15, 0.2) is 24.3 Å². The van der Waals surface area contributed by atoms with Gasteiger partial charge in [0.25, 0.3) is 5.91 Å². The Bertz CT molecular complexity index is 468. The van der Waals surface area contributed by atoms with Crippen molar-refractivity contribution in [1.29, 1.82) is 0 Å². The lowest BCUT2D eigenvalue weighted by Gasteiger charge is -2.17. The molecule has 1 aliphatic rings. The maximum atomic E-state index is 12.0. The molecule has 0 atom stereocenters. The molecule has 18 heavy (non-hydrogen) atoms. The van der Waals surface area contributed by atoms with Crippen molar-refractivity contribution in [3.63, 3.8) is 0 Å². The number of anilines is 1. The van der Waals surface area contributed by atoms with Gasteiger partial charge in [-0.25, -0.2) is 0 Å². The summed E-state index contributed by atoms with van der Waals surface area (Å²) in [7, 11) is 0. The molecule has 0 unspecified atom stereocenters. The molecular weight excluding hydrogens is 230 g/mol. The average Bonchev–Trinajstić information content (AvgIpc) is 2.79. The van der Waals surface area contributed by atoms with Gasteiger partial charge < -0.3 is 9.64 Å². The molecular formula is C14H17NO3. The highest BCUT2D eigenvalue weighted by Gasteiger charge is 2.25. The smallest absolute Gasteiger partial charge is 0.308 e. The highest BCUT2D eigenvalue weighted by atomic mass is 16.5. The topological polar surface area (TPSA) is 46.6 Å². The molecule has 0 aromatic heterocycles. The van der Waals surface area contributed by atoms with Crippen molar-refractivity contribution < 1.29 is 14.3 Å². The van der Waals surface area contributed by atoms with Gasteiger partial charge in [0.15, 0.2) is 6.61 Å². The molecule has 0 aliphatic carbocycles. The van der Waals surface area contributed by atoms with Gasteiger partial charge in [-0.2, -0.15) is 0 Å². The zero-order valence-corrected chi connectivity index (χ0v) is 10.7. The van der Waals surface area contributed by atoms with Crippen molar-refractivity contribution in [3.8, 4) is 0 Å². The molecule has 0 saturated heterocycles. The normalized spacial score (nSPS) is 13.6. The van der Waals surface area contributed by atoms with Crippen LogP contribution < -0.4 is 4.90 Å². The fourth-order valence-electron chi connectivity index (χ4n) is 1.97. The second-order valence-corrected chi connectivity index (χ2v) is 4.69. The Morgan fingerprint density at radius 2 is 2.06 bits per heavy atom. The Kier molecular flexibility index (Phi) is 3.65.